The number of ether oxygens (including phenoxy) is 2. The fourth-order valence-corrected chi connectivity index (χ4v) is 2.44. The van der Waals surface area contributed by atoms with Gasteiger partial charge in [0.2, 0.25) is 11.5 Å². The first-order chi connectivity index (χ1) is 11.4. The number of nitrogens with zero attached hydrogens (tertiary/aromatic N) is 2. The lowest BCUT2D eigenvalue weighted by Gasteiger charge is -2.17. The van der Waals surface area contributed by atoms with Gasteiger partial charge in [-0.2, -0.15) is 4.98 Å². The molecule has 5 nitrogen and oxygen atoms in total. The maximum atomic E-state index is 13.7. The fraction of sp³-hybridized carbons (Fsp3) is 0.312. The zero-order chi connectivity index (χ0) is 17.5. The average molecular weight is 371 g/mol. The molecule has 1 heterocycles. The topological polar surface area (TPSA) is 61.3 Å². The summed E-state index contributed by atoms with van der Waals surface area (Å²) >= 11 is 11.8. The molecule has 24 heavy (non-hydrogen) atoms. The van der Waals surface area contributed by atoms with E-state index in [4.69, 9.17) is 32.7 Å². The lowest BCUT2D eigenvalue weighted by Crippen LogP contribution is -2.31. The summed E-state index contributed by atoms with van der Waals surface area (Å²) in [5, 5.41) is 0.155. The molecule has 2 aromatic rings. The number of methoxy groups -OCH3 is 1. The smallest absolute Gasteiger partial charge is 0.350 e. The first kappa shape index (κ1) is 16.9. The molecule has 1 aliphatic rings. The Labute approximate surface area is 147 Å². The van der Waals surface area contributed by atoms with Gasteiger partial charge in [-0.05, 0) is 25.1 Å². The number of esters is 1. The summed E-state index contributed by atoms with van der Waals surface area (Å²) in [6, 6.07) is 4.18. The Morgan fingerprint density at radius 2 is 2.00 bits per heavy atom. The Morgan fingerprint density at radius 1 is 1.29 bits per heavy atom. The van der Waals surface area contributed by atoms with E-state index in [1.54, 1.807) is 13.0 Å². The molecule has 3 rings (SSSR count). The highest BCUT2D eigenvalue weighted by molar-refractivity contribution is 6.31. The predicted octanol–water partition coefficient (Wildman–Crippen LogP) is 3.98. The monoisotopic (exact) mass is 370 g/mol. The van der Waals surface area contributed by atoms with E-state index in [0.29, 0.717) is 24.0 Å². The van der Waals surface area contributed by atoms with Crippen molar-refractivity contribution in [3.8, 4) is 17.3 Å². The molecule has 0 aliphatic heterocycles. The third-order valence-electron chi connectivity index (χ3n) is 3.77. The molecule has 0 amide bonds. The first-order valence-corrected chi connectivity index (χ1v) is 7.89. The molecule has 1 saturated carbocycles. The van der Waals surface area contributed by atoms with Gasteiger partial charge in [0.25, 0.3) is 0 Å². The van der Waals surface area contributed by atoms with Gasteiger partial charge in [-0.25, -0.2) is 14.2 Å². The number of hydrogen-bond acceptors (Lipinski definition) is 5. The summed E-state index contributed by atoms with van der Waals surface area (Å²) in [7, 11) is 1.30. The molecule has 126 valence electrons. The number of aromatic nitrogens is 2. The molecule has 1 aromatic heterocycles. The summed E-state index contributed by atoms with van der Waals surface area (Å²) in [6.07, 6.45) is 1.07. The number of carbonyl (C=O) groups excluding carboxylic acids is 1. The van der Waals surface area contributed by atoms with Crippen molar-refractivity contribution in [2.75, 3.05) is 7.11 Å². The first-order valence-electron chi connectivity index (χ1n) is 7.13. The van der Waals surface area contributed by atoms with E-state index >= 15 is 0 Å². The van der Waals surface area contributed by atoms with Crippen LogP contribution in [0, 0.1) is 12.7 Å². The van der Waals surface area contributed by atoms with Crippen molar-refractivity contribution in [1.82, 2.24) is 9.97 Å². The van der Waals surface area contributed by atoms with Crippen LogP contribution in [-0.4, -0.2) is 28.6 Å². The third kappa shape index (κ3) is 3.03. The predicted molar refractivity (Wildman–Crippen MR) is 86.8 cm³/mol. The fourth-order valence-electron chi connectivity index (χ4n) is 2.17. The largest absolute Gasteiger partial charge is 0.466 e. The highest BCUT2D eigenvalue weighted by atomic mass is 35.5. The van der Waals surface area contributed by atoms with Gasteiger partial charge in [0.1, 0.15) is 11.0 Å². The van der Waals surface area contributed by atoms with E-state index in [0.717, 1.165) is 0 Å². The normalized spacial score (nSPS) is 15.0. The lowest BCUT2D eigenvalue weighted by molar-refractivity contribution is -0.151. The third-order valence-corrected chi connectivity index (χ3v) is 4.45. The molecule has 0 spiro atoms. The van der Waals surface area contributed by atoms with E-state index in [2.05, 4.69) is 9.97 Å². The molecule has 1 aromatic carbocycles. The standard InChI is InChI=1S/C16H13Cl2FN2O3/c1-8-12(18)20-13(9-3-4-10(17)11(19)7-9)21-14(8)24-16(5-6-16)15(22)23-2/h3-4,7H,5-6H2,1-2H3. The van der Waals surface area contributed by atoms with Gasteiger partial charge >= 0.3 is 5.97 Å². The van der Waals surface area contributed by atoms with Crippen molar-refractivity contribution in [2.24, 2.45) is 0 Å². The van der Waals surface area contributed by atoms with Gasteiger partial charge in [0.05, 0.1) is 12.1 Å². The summed E-state index contributed by atoms with van der Waals surface area (Å²) in [5.74, 6) is -0.707. The zero-order valence-corrected chi connectivity index (χ0v) is 14.4. The van der Waals surface area contributed by atoms with Gasteiger partial charge in [-0.3, -0.25) is 0 Å². The maximum Gasteiger partial charge on any atom is 0.350 e. The molecule has 0 radical (unpaired) electrons. The molecule has 0 bridgehead atoms. The second kappa shape index (κ2) is 6.18. The Balaban J connectivity index is 2.00. The number of rotatable bonds is 4. The van der Waals surface area contributed by atoms with Crippen molar-refractivity contribution in [3.63, 3.8) is 0 Å². The highest BCUT2D eigenvalue weighted by Crippen LogP contribution is 2.42. The Kier molecular flexibility index (Phi) is 4.36. The summed E-state index contributed by atoms with van der Waals surface area (Å²) in [4.78, 5) is 20.3. The van der Waals surface area contributed by atoms with Crippen LogP contribution in [0.3, 0.4) is 0 Å². The molecule has 0 atom stereocenters. The van der Waals surface area contributed by atoms with Crippen LogP contribution in [0.4, 0.5) is 4.39 Å². The second-order valence-electron chi connectivity index (χ2n) is 5.48. The molecular formula is C16H13Cl2FN2O3. The van der Waals surface area contributed by atoms with Gasteiger partial charge in [0, 0.05) is 24.0 Å². The van der Waals surface area contributed by atoms with Crippen molar-refractivity contribution in [2.45, 2.75) is 25.4 Å². The molecule has 0 unspecified atom stereocenters. The molecule has 0 saturated heterocycles. The minimum atomic E-state index is -1.03. The highest BCUT2D eigenvalue weighted by Gasteiger charge is 2.55. The van der Waals surface area contributed by atoms with Gasteiger partial charge in [-0.15, -0.1) is 0 Å². The second-order valence-corrected chi connectivity index (χ2v) is 6.25. The Bertz CT molecular complexity index is 825. The van der Waals surface area contributed by atoms with Crippen LogP contribution < -0.4 is 4.74 Å². The summed E-state index contributed by atoms with van der Waals surface area (Å²) in [6.45, 7) is 1.68. The molecule has 8 heteroatoms. The number of hydrogen-bond donors (Lipinski definition) is 0. The van der Waals surface area contributed by atoms with E-state index in [1.807, 2.05) is 0 Å². The van der Waals surface area contributed by atoms with E-state index in [-0.39, 0.29) is 21.9 Å². The van der Waals surface area contributed by atoms with Crippen LogP contribution in [0.1, 0.15) is 18.4 Å². The van der Waals surface area contributed by atoms with Gasteiger partial charge in [-0.1, -0.05) is 23.2 Å². The minimum absolute atomic E-state index is 0.00365. The quantitative estimate of drug-likeness (QED) is 0.601. The van der Waals surface area contributed by atoms with E-state index in [1.165, 1.54) is 19.2 Å². The van der Waals surface area contributed by atoms with E-state index in [9.17, 15) is 9.18 Å². The van der Waals surface area contributed by atoms with Crippen LogP contribution in [0.5, 0.6) is 5.88 Å². The minimum Gasteiger partial charge on any atom is -0.466 e. The van der Waals surface area contributed by atoms with E-state index < -0.39 is 17.4 Å². The van der Waals surface area contributed by atoms with Crippen LogP contribution in [-0.2, 0) is 9.53 Å². The molecule has 0 N–H and O–H groups in total. The Morgan fingerprint density at radius 3 is 2.58 bits per heavy atom. The molecule has 1 aliphatic carbocycles. The van der Waals surface area contributed by atoms with Crippen LogP contribution in [0.2, 0.25) is 10.2 Å². The number of benzene rings is 1. The zero-order valence-electron chi connectivity index (χ0n) is 12.9. The number of carbonyl (C=O) groups is 1. The Hall–Kier alpha value is -1.92. The number of halogens is 3. The SMILES string of the molecule is COC(=O)C1(Oc2nc(-c3ccc(Cl)c(F)c3)nc(Cl)c2C)CC1. The van der Waals surface area contributed by atoms with Gasteiger partial charge < -0.3 is 9.47 Å². The van der Waals surface area contributed by atoms with Crippen LogP contribution in [0.15, 0.2) is 18.2 Å². The van der Waals surface area contributed by atoms with Crippen LogP contribution >= 0.6 is 23.2 Å². The van der Waals surface area contributed by atoms with Gasteiger partial charge in [0.15, 0.2) is 5.82 Å². The molecular weight excluding hydrogens is 358 g/mol. The van der Waals surface area contributed by atoms with Crippen molar-refractivity contribution < 1.29 is 18.7 Å². The van der Waals surface area contributed by atoms with Crippen molar-refractivity contribution in [1.29, 1.82) is 0 Å². The van der Waals surface area contributed by atoms with Crippen molar-refractivity contribution in [3.05, 3.63) is 39.8 Å². The summed E-state index contributed by atoms with van der Waals surface area (Å²) < 4.78 is 24.2. The summed E-state index contributed by atoms with van der Waals surface area (Å²) in [5.41, 5.74) is -0.142. The van der Waals surface area contributed by atoms with Crippen molar-refractivity contribution >= 4 is 29.2 Å². The lowest BCUT2D eigenvalue weighted by atomic mass is 10.2. The molecule has 1 fully saturated rings. The average Bonchev–Trinajstić information content (AvgIpc) is 3.34. The maximum absolute atomic E-state index is 13.7. The van der Waals surface area contributed by atoms with Crippen LogP contribution in [0.25, 0.3) is 11.4 Å².